The number of halogens is 1. The minimum atomic E-state index is 0. The van der Waals surface area contributed by atoms with Gasteiger partial charge in [-0.1, -0.05) is 12.1 Å². The highest BCUT2D eigenvalue weighted by Gasteiger charge is 2.23. The van der Waals surface area contributed by atoms with Gasteiger partial charge in [0.1, 0.15) is 5.52 Å². The number of amides is 1. The number of nitrogens with two attached hydrogens (primary N) is 1. The van der Waals surface area contributed by atoms with Crippen LogP contribution in [0.3, 0.4) is 0 Å². The van der Waals surface area contributed by atoms with E-state index in [-0.39, 0.29) is 18.3 Å². The van der Waals surface area contributed by atoms with E-state index in [9.17, 15) is 4.79 Å². The molecule has 1 amide bonds. The van der Waals surface area contributed by atoms with E-state index < -0.39 is 0 Å². The van der Waals surface area contributed by atoms with E-state index >= 15 is 0 Å². The fourth-order valence-corrected chi connectivity index (χ4v) is 2.42. The van der Waals surface area contributed by atoms with Crippen molar-refractivity contribution in [3.05, 3.63) is 24.3 Å². The zero-order valence-corrected chi connectivity index (χ0v) is 12.5. The molecule has 0 unspecified atom stereocenters. The highest BCUT2D eigenvalue weighted by atomic mass is 35.5. The summed E-state index contributed by atoms with van der Waals surface area (Å²) in [5.41, 5.74) is 7.08. The van der Waals surface area contributed by atoms with Crippen LogP contribution in [0.2, 0.25) is 0 Å². The SMILES string of the molecule is Cl.NCCC(=O)N1CCN(c2nc3ccccc3o2)CC1. The third-order valence-electron chi connectivity index (χ3n) is 3.54. The lowest BCUT2D eigenvalue weighted by atomic mass is 10.3. The number of rotatable bonds is 3. The van der Waals surface area contributed by atoms with E-state index in [1.165, 1.54) is 0 Å². The lowest BCUT2D eigenvalue weighted by Crippen LogP contribution is -2.49. The standard InChI is InChI=1S/C14H18N4O2.ClH/c15-6-5-13(19)17-7-9-18(10-8-17)14-16-11-3-1-2-4-12(11)20-14;/h1-4H,5-10,15H2;1H. The van der Waals surface area contributed by atoms with Gasteiger partial charge in [-0.25, -0.2) is 0 Å². The van der Waals surface area contributed by atoms with Gasteiger partial charge in [0.25, 0.3) is 6.01 Å². The fourth-order valence-electron chi connectivity index (χ4n) is 2.42. The van der Waals surface area contributed by atoms with Crippen molar-refractivity contribution in [2.45, 2.75) is 6.42 Å². The summed E-state index contributed by atoms with van der Waals surface area (Å²) in [4.78, 5) is 20.2. The first-order chi connectivity index (χ1) is 9.78. The fraction of sp³-hybridized carbons (Fsp3) is 0.429. The Kier molecular flexibility index (Phi) is 5.03. The second kappa shape index (κ2) is 6.78. The van der Waals surface area contributed by atoms with Crippen LogP contribution in [0.1, 0.15) is 6.42 Å². The summed E-state index contributed by atoms with van der Waals surface area (Å²) in [6.45, 7) is 3.27. The van der Waals surface area contributed by atoms with Gasteiger partial charge < -0.3 is 20.0 Å². The van der Waals surface area contributed by atoms with Crippen molar-refractivity contribution in [2.75, 3.05) is 37.6 Å². The number of para-hydroxylation sites is 2. The van der Waals surface area contributed by atoms with Crippen LogP contribution in [0.25, 0.3) is 11.1 Å². The molecule has 2 aromatic rings. The molecule has 3 rings (SSSR count). The highest BCUT2D eigenvalue weighted by molar-refractivity contribution is 5.85. The smallest absolute Gasteiger partial charge is 0.298 e. The highest BCUT2D eigenvalue weighted by Crippen LogP contribution is 2.22. The summed E-state index contributed by atoms with van der Waals surface area (Å²) in [7, 11) is 0. The number of fused-ring (bicyclic) bond motifs is 1. The Morgan fingerprint density at radius 2 is 1.95 bits per heavy atom. The Hall–Kier alpha value is -1.79. The molecule has 114 valence electrons. The Labute approximate surface area is 129 Å². The van der Waals surface area contributed by atoms with Crippen LogP contribution >= 0.6 is 12.4 Å². The van der Waals surface area contributed by atoms with Crippen molar-refractivity contribution in [3.63, 3.8) is 0 Å². The number of carbonyl (C=O) groups is 1. The number of nitrogens with zero attached hydrogens (tertiary/aromatic N) is 3. The molecule has 6 nitrogen and oxygen atoms in total. The maximum Gasteiger partial charge on any atom is 0.298 e. The second-order valence-electron chi connectivity index (χ2n) is 4.87. The van der Waals surface area contributed by atoms with Crippen LogP contribution in [-0.4, -0.2) is 48.5 Å². The third-order valence-corrected chi connectivity index (χ3v) is 3.54. The number of aromatic nitrogens is 1. The molecule has 0 atom stereocenters. The lowest BCUT2D eigenvalue weighted by molar-refractivity contribution is -0.131. The van der Waals surface area contributed by atoms with E-state index in [4.69, 9.17) is 10.2 Å². The van der Waals surface area contributed by atoms with Gasteiger partial charge in [-0.2, -0.15) is 4.98 Å². The molecule has 0 aliphatic carbocycles. The molecule has 0 saturated carbocycles. The molecular weight excluding hydrogens is 292 g/mol. The molecular formula is C14H19ClN4O2. The number of oxazole rings is 1. The second-order valence-corrected chi connectivity index (χ2v) is 4.87. The van der Waals surface area contributed by atoms with E-state index in [2.05, 4.69) is 9.88 Å². The molecule has 1 aromatic carbocycles. The Balaban J connectivity index is 0.00000161. The van der Waals surface area contributed by atoms with Gasteiger partial charge >= 0.3 is 0 Å². The summed E-state index contributed by atoms with van der Waals surface area (Å²) in [5, 5.41) is 0. The largest absolute Gasteiger partial charge is 0.423 e. The van der Waals surface area contributed by atoms with Crippen molar-refractivity contribution in [1.82, 2.24) is 9.88 Å². The average molecular weight is 311 g/mol. The number of carbonyl (C=O) groups excluding carboxylic acids is 1. The van der Waals surface area contributed by atoms with Gasteiger partial charge in [0.15, 0.2) is 5.58 Å². The molecule has 1 aliphatic heterocycles. The zero-order chi connectivity index (χ0) is 13.9. The third kappa shape index (κ3) is 3.28. The number of hydrogen-bond acceptors (Lipinski definition) is 5. The molecule has 0 spiro atoms. The first kappa shape index (κ1) is 15.6. The van der Waals surface area contributed by atoms with Crippen LogP contribution in [-0.2, 0) is 4.79 Å². The molecule has 0 radical (unpaired) electrons. The molecule has 1 aromatic heterocycles. The first-order valence-electron chi connectivity index (χ1n) is 6.86. The van der Waals surface area contributed by atoms with E-state index in [1.807, 2.05) is 29.2 Å². The maximum absolute atomic E-state index is 11.8. The van der Waals surface area contributed by atoms with Gasteiger partial charge in [-0.15, -0.1) is 12.4 Å². The van der Waals surface area contributed by atoms with Crippen molar-refractivity contribution in [1.29, 1.82) is 0 Å². The van der Waals surface area contributed by atoms with E-state index in [0.717, 1.165) is 24.2 Å². The van der Waals surface area contributed by atoms with Crippen LogP contribution in [0.5, 0.6) is 0 Å². The molecule has 7 heteroatoms. The van der Waals surface area contributed by atoms with Gasteiger partial charge in [0.2, 0.25) is 5.91 Å². The Morgan fingerprint density at radius 3 is 2.62 bits per heavy atom. The predicted molar refractivity (Wildman–Crippen MR) is 83.7 cm³/mol. The summed E-state index contributed by atoms with van der Waals surface area (Å²) < 4.78 is 5.74. The van der Waals surface area contributed by atoms with Gasteiger partial charge in [-0.3, -0.25) is 4.79 Å². The number of hydrogen-bond donors (Lipinski definition) is 1. The summed E-state index contributed by atoms with van der Waals surface area (Å²) in [5.74, 6) is 0.129. The monoisotopic (exact) mass is 310 g/mol. The maximum atomic E-state index is 11.8. The van der Waals surface area contributed by atoms with Crippen molar-refractivity contribution >= 4 is 35.4 Å². The first-order valence-corrected chi connectivity index (χ1v) is 6.86. The summed E-state index contributed by atoms with van der Waals surface area (Å²) in [6.07, 6.45) is 0.420. The topological polar surface area (TPSA) is 75.6 Å². The van der Waals surface area contributed by atoms with E-state index in [1.54, 1.807) is 0 Å². The summed E-state index contributed by atoms with van der Waals surface area (Å²) >= 11 is 0. The molecule has 1 fully saturated rings. The predicted octanol–water partition coefficient (Wildman–Crippen LogP) is 1.25. The minimum absolute atomic E-state index is 0. The van der Waals surface area contributed by atoms with Crippen LogP contribution in [0.4, 0.5) is 6.01 Å². The molecule has 2 N–H and O–H groups in total. The molecule has 1 saturated heterocycles. The average Bonchev–Trinajstić information content (AvgIpc) is 2.91. The molecule has 1 aliphatic rings. The van der Waals surface area contributed by atoms with Crippen LogP contribution in [0.15, 0.2) is 28.7 Å². The van der Waals surface area contributed by atoms with Gasteiger partial charge in [-0.05, 0) is 12.1 Å². The lowest BCUT2D eigenvalue weighted by Gasteiger charge is -2.33. The summed E-state index contributed by atoms with van der Waals surface area (Å²) in [6, 6.07) is 8.35. The number of piperazine rings is 1. The van der Waals surface area contributed by atoms with Gasteiger partial charge in [0.05, 0.1) is 0 Å². The van der Waals surface area contributed by atoms with Crippen molar-refractivity contribution in [3.8, 4) is 0 Å². The van der Waals surface area contributed by atoms with E-state index in [0.29, 0.717) is 32.1 Å². The number of anilines is 1. The van der Waals surface area contributed by atoms with Gasteiger partial charge in [0, 0.05) is 39.1 Å². The van der Waals surface area contributed by atoms with Crippen LogP contribution in [0, 0.1) is 0 Å². The zero-order valence-electron chi connectivity index (χ0n) is 11.7. The van der Waals surface area contributed by atoms with Crippen molar-refractivity contribution < 1.29 is 9.21 Å². The molecule has 2 heterocycles. The quantitative estimate of drug-likeness (QED) is 0.923. The number of benzene rings is 1. The molecule has 21 heavy (non-hydrogen) atoms. The minimum Gasteiger partial charge on any atom is -0.423 e. The van der Waals surface area contributed by atoms with Crippen molar-refractivity contribution in [2.24, 2.45) is 5.73 Å². The van der Waals surface area contributed by atoms with Crippen LogP contribution < -0.4 is 10.6 Å². The molecule has 0 bridgehead atoms. The Morgan fingerprint density at radius 1 is 1.24 bits per heavy atom. The Bertz CT molecular complexity index is 575. The normalized spacial score (nSPS) is 15.1.